The van der Waals surface area contributed by atoms with E-state index in [9.17, 15) is 0 Å². The van der Waals surface area contributed by atoms with Gasteiger partial charge in [-0.2, -0.15) is 5.26 Å². The maximum absolute atomic E-state index is 8.72. The molecule has 0 aromatic carbocycles. The molecule has 0 aromatic heterocycles. The van der Waals surface area contributed by atoms with Crippen LogP contribution in [0.5, 0.6) is 0 Å². The van der Waals surface area contributed by atoms with Gasteiger partial charge in [-0.3, -0.25) is 0 Å². The van der Waals surface area contributed by atoms with Gasteiger partial charge in [0.25, 0.3) is 0 Å². The quantitative estimate of drug-likeness (QED) is 0.502. The third-order valence-corrected chi connectivity index (χ3v) is 3.00. The number of halogens is 2. The summed E-state index contributed by atoms with van der Waals surface area (Å²) in [6, 6.07) is 2.09. The molecule has 0 heterocycles. The van der Waals surface area contributed by atoms with Crippen LogP contribution >= 0.6 is 29.3 Å². The van der Waals surface area contributed by atoms with Crippen LogP contribution in [0.4, 0.5) is 0 Å². The van der Waals surface area contributed by atoms with E-state index >= 15 is 0 Å². The van der Waals surface area contributed by atoms with Gasteiger partial charge < -0.3 is 4.52 Å². The number of rotatable bonds is 6. The molecule has 5 heteroatoms. The molecule has 15 heavy (non-hydrogen) atoms. The fraction of sp³-hybridized carbons (Fsp3) is 0.700. The number of allylic oxidation sites excluding steroid dienone is 1. The summed E-state index contributed by atoms with van der Waals surface area (Å²) in [4.78, 5) is 0. The normalized spacial score (nSPS) is 13.7. The number of hydrogen-bond donors (Lipinski definition) is 0. The summed E-state index contributed by atoms with van der Waals surface area (Å²) in [5.74, 6) is 0. The molecule has 0 saturated carbocycles. The Hall–Kier alpha value is 0.200. The van der Waals surface area contributed by atoms with E-state index in [1.807, 2.05) is 20.8 Å². The Kier molecular flexibility index (Phi) is 6.80. The zero-order valence-corrected chi connectivity index (χ0v) is 11.7. The second-order valence-electron chi connectivity index (χ2n) is 4.28. The molecule has 1 atom stereocenters. The lowest BCUT2D eigenvalue weighted by atomic mass is 9.80. The maximum Gasteiger partial charge on any atom is 0.225 e. The van der Waals surface area contributed by atoms with Crippen molar-refractivity contribution in [2.24, 2.45) is 5.41 Å². The largest absolute Gasteiger partial charge is 0.327 e. The highest BCUT2D eigenvalue weighted by molar-refractivity contribution is 8.00. The minimum Gasteiger partial charge on any atom is -0.327 e. The summed E-state index contributed by atoms with van der Waals surface area (Å²) < 4.78 is 5.39. The van der Waals surface area contributed by atoms with Crippen molar-refractivity contribution < 1.29 is 4.52 Å². The predicted octanol–water partition coefficient (Wildman–Crippen LogP) is 4.98. The van der Waals surface area contributed by atoms with E-state index in [0.717, 1.165) is 12.0 Å². The topological polar surface area (TPSA) is 33.0 Å². The van der Waals surface area contributed by atoms with Gasteiger partial charge in [0.2, 0.25) is 6.85 Å². The lowest BCUT2D eigenvalue weighted by Gasteiger charge is -2.33. The average Bonchev–Trinajstić information content (AvgIpc) is 2.00. The molecule has 1 unspecified atom stereocenters. The van der Waals surface area contributed by atoms with E-state index in [-0.39, 0.29) is 11.5 Å². The van der Waals surface area contributed by atoms with Crippen molar-refractivity contribution in [3.8, 4) is 6.07 Å². The summed E-state index contributed by atoms with van der Waals surface area (Å²) in [5.41, 5.74) is 0.881. The number of nitrogens with zero attached hydrogens (tertiary/aromatic N) is 1. The van der Waals surface area contributed by atoms with Gasteiger partial charge in [-0.15, -0.1) is 6.58 Å². The molecule has 2 nitrogen and oxygen atoms in total. The van der Waals surface area contributed by atoms with E-state index < -0.39 is 6.85 Å². The molecule has 0 aromatic rings. The highest BCUT2D eigenvalue weighted by Crippen LogP contribution is 2.52. The highest BCUT2D eigenvalue weighted by Gasteiger charge is 2.31. The molecule has 0 aliphatic heterocycles. The van der Waals surface area contributed by atoms with Gasteiger partial charge in [0, 0.05) is 0 Å². The van der Waals surface area contributed by atoms with Crippen LogP contribution < -0.4 is 0 Å². The van der Waals surface area contributed by atoms with Crippen molar-refractivity contribution >= 4 is 29.3 Å². The summed E-state index contributed by atoms with van der Waals surface area (Å²) in [6.07, 6.45) is 0.829. The first-order valence-electron chi connectivity index (χ1n) is 4.59. The standard InChI is InChI=1S/C10H16Cl2NOP/c1-8(2)7-10(3,4)9(5-6-13)14-15(11)12/h9H,1,5,7H2,2-4H3. The van der Waals surface area contributed by atoms with Crippen molar-refractivity contribution in [1.29, 1.82) is 5.26 Å². The van der Waals surface area contributed by atoms with Crippen LogP contribution in [-0.2, 0) is 4.52 Å². The second-order valence-corrected chi connectivity index (χ2v) is 7.26. The van der Waals surface area contributed by atoms with Gasteiger partial charge in [0.1, 0.15) is 0 Å². The summed E-state index contributed by atoms with van der Waals surface area (Å²) >= 11 is 11.3. The molecule has 0 radical (unpaired) electrons. The van der Waals surface area contributed by atoms with Gasteiger partial charge in [0.15, 0.2) is 0 Å². The first-order valence-corrected chi connectivity index (χ1v) is 7.66. The van der Waals surface area contributed by atoms with Crippen LogP contribution in [0.1, 0.15) is 33.6 Å². The van der Waals surface area contributed by atoms with Crippen molar-refractivity contribution in [1.82, 2.24) is 0 Å². The Morgan fingerprint density at radius 3 is 2.47 bits per heavy atom. The smallest absolute Gasteiger partial charge is 0.225 e. The molecule has 0 aliphatic rings. The van der Waals surface area contributed by atoms with Crippen molar-refractivity contribution in [2.45, 2.75) is 39.7 Å². The highest BCUT2D eigenvalue weighted by atomic mass is 35.9. The van der Waals surface area contributed by atoms with Crippen LogP contribution in [0.15, 0.2) is 12.2 Å². The zero-order chi connectivity index (χ0) is 12.1. The number of nitriles is 1. The van der Waals surface area contributed by atoms with Gasteiger partial charge in [-0.1, -0.05) is 19.4 Å². The molecular weight excluding hydrogens is 252 g/mol. The molecule has 0 bridgehead atoms. The monoisotopic (exact) mass is 267 g/mol. The molecule has 0 rings (SSSR count). The fourth-order valence-corrected chi connectivity index (χ4v) is 2.66. The minimum absolute atomic E-state index is 0.175. The van der Waals surface area contributed by atoms with Crippen molar-refractivity contribution in [3.05, 3.63) is 12.2 Å². The molecule has 0 saturated heterocycles. The van der Waals surface area contributed by atoms with Gasteiger partial charge in [0.05, 0.1) is 18.6 Å². The van der Waals surface area contributed by atoms with E-state index in [0.29, 0.717) is 6.42 Å². The van der Waals surface area contributed by atoms with Crippen LogP contribution in [0.2, 0.25) is 0 Å². The maximum atomic E-state index is 8.72. The molecule has 0 aliphatic carbocycles. The fourth-order valence-electron chi connectivity index (χ4n) is 1.53. The molecule has 0 fully saturated rings. The van der Waals surface area contributed by atoms with E-state index in [4.69, 9.17) is 32.3 Å². The molecule has 0 spiro atoms. The summed E-state index contributed by atoms with van der Waals surface area (Å²) in [6.45, 7) is 8.39. The van der Waals surface area contributed by atoms with Crippen LogP contribution in [0.25, 0.3) is 0 Å². The van der Waals surface area contributed by atoms with Crippen LogP contribution in [0, 0.1) is 16.7 Å². The zero-order valence-electron chi connectivity index (χ0n) is 9.26. The lowest BCUT2D eigenvalue weighted by Crippen LogP contribution is -2.30. The minimum atomic E-state index is -1.48. The Morgan fingerprint density at radius 1 is 1.60 bits per heavy atom. The Labute approximate surface area is 103 Å². The van der Waals surface area contributed by atoms with Gasteiger partial charge in [-0.25, -0.2) is 0 Å². The first-order chi connectivity index (χ1) is 6.79. The van der Waals surface area contributed by atoms with E-state index in [1.54, 1.807) is 0 Å². The van der Waals surface area contributed by atoms with Gasteiger partial charge in [-0.05, 0) is 41.2 Å². The second kappa shape index (κ2) is 6.71. The SMILES string of the molecule is C=C(C)CC(C)(C)C(CC#N)OP(Cl)Cl. The van der Waals surface area contributed by atoms with E-state index in [2.05, 4.69) is 12.6 Å². The lowest BCUT2D eigenvalue weighted by molar-refractivity contribution is 0.0938. The molecule has 86 valence electrons. The van der Waals surface area contributed by atoms with Crippen molar-refractivity contribution in [2.75, 3.05) is 0 Å². The first kappa shape index (κ1) is 15.2. The van der Waals surface area contributed by atoms with Crippen molar-refractivity contribution in [3.63, 3.8) is 0 Å². The summed E-state index contributed by atoms with van der Waals surface area (Å²) in [5, 5.41) is 8.72. The Bertz CT molecular complexity index is 261. The number of hydrogen-bond acceptors (Lipinski definition) is 2. The van der Waals surface area contributed by atoms with E-state index in [1.165, 1.54) is 0 Å². The Balaban J connectivity index is 4.58. The molecule has 0 amide bonds. The summed E-state index contributed by atoms with van der Waals surface area (Å²) in [7, 11) is 0. The van der Waals surface area contributed by atoms with Crippen LogP contribution in [0.3, 0.4) is 0 Å². The van der Waals surface area contributed by atoms with Crippen LogP contribution in [-0.4, -0.2) is 6.10 Å². The molecule has 0 N–H and O–H groups in total. The third-order valence-electron chi connectivity index (χ3n) is 2.11. The molecular formula is C10H16Cl2NOP. The Morgan fingerprint density at radius 2 is 2.13 bits per heavy atom. The van der Waals surface area contributed by atoms with Gasteiger partial charge >= 0.3 is 0 Å². The average molecular weight is 268 g/mol. The predicted molar refractivity (Wildman–Crippen MR) is 66.9 cm³/mol. The third kappa shape index (κ3) is 6.38.